The summed E-state index contributed by atoms with van der Waals surface area (Å²) in [4.78, 5) is 22.0. The molecule has 0 aliphatic carbocycles. The molecule has 1 fully saturated rings. The van der Waals surface area contributed by atoms with Crippen LogP contribution in [0.25, 0.3) is 0 Å². The van der Waals surface area contributed by atoms with E-state index in [0.29, 0.717) is 24.7 Å². The molecule has 7 heteroatoms. The summed E-state index contributed by atoms with van der Waals surface area (Å²) in [6.45, 7) is 4.52. The molecule has 0 spiro atoms. The van der Waals surface area contributed by atoms with Gasteiger partial charge in [-0.2, -0.15) is 0 Å². The van der Waals surface area contributed by atoms with Crippen molar-refractivity contribution >= 4 is 11.7 Å². The molecule has 0 radical (unpaired) electrons. The first-order valence-corrected chi connectivity index (χ1v) is 6.88. The van der Waals surface area contributed by atoms with Crippen LogP contribution in [-0.2, 0) is 11.3 Å². The number of piperidine rings is 1. The monoisotopic (exact) mass is 278 g/mol. The van der Waals surface area contributed by atoms with Gasteiger partial charge < -0.3 is 11.2 Å². The minimum absolute atomic E-state index is 0.205. The molecule has 0 aromatic carbocycles. The molecule has 0 saturated carbocycles. The van der Waals surface area contributed by atoms with Gasteiger partial charge in [-0.1, -0.05) is 0 Å². The molecule has 7 nitrogen and oxygen atoms in total. The topological polar surface area (TPSA) is 110 Å². The number of amides is 1. The lowest BCUT2D eigenvalue weighted by Crippen LogP contribution is -2.35. The molecule has 0 atom stereocenters. The molecule has 1 aliphatic heterocycles. The third-order valence-electron chi connectivity index (χ3n) is 3.61. The van der Waals surface area contributed by atoms with Crippen LogP contribution >= 0.6 is 0 Å². The molecule has 1 aliphatic rings. The maximum Gasteiger partial charge on any atom is 0.217 e. The van der Waals surface area contributed by atoms with Crippen molar-refractivity contribution in [1.29, 1.82) is 0 Å². The number of carbonyl (C=O) groups excluding carboxylic acids is 1. The van der Waals surface area contributed by atoms with Crippen LogP contribution in [0.5, 0.6) is 0 Å². The summed E-state index contributed by atoms with van der Waals surface area (Å²) in [7, 11) is 0. The van der Waals surface area contributed by atoms with Gasteiger partial charge in [-0.3, -0.25) is 9.69 Å². The zero-order valence-electron chi connectivity index (χ0n) is 11.8. The van der Waals surface area contributed by atoms with E-state index in [2.05, 4.69) is 20.3 Å². The number of nitrogens with zero attached hydrogens (tertiary/aromatic N) is 3. The third kappa shape index (κ3) is 4.14. The fourth-order valence-corrected chi connectivity index (χ4v) is 2.61. The van der Waals surface area contributed by atoms with Gasteiger partial charge in [-0.15, -0.1) is 0 Å². The van der Waals surface area contributed by atoms with Crippen molar-refractivity contribution in [3.05, 3.63) is 17.6 Å². The molecule has 1 aromatic heterocycles. The predicted octanol–water partition coefficient (Wildman–Crippen LogP) is 0.158. The highest BCUT2D eigenvalue weighted by atomic mass is 16.1. The normalized spacial score (nSPS) is 17.1. The number of carbonyl (C=O) groups is 1. The molecule has 0 bridgehead atoms. The number of primary amides is 1. The lowest BCUT2D eigenvalue weighted by atomic mass is 9.93. The first-order valence-electron chi connectivity index (χ1n) is 6.88. The number of nitrogen functional groups attached to an aromatic ring is 1. The lowest BCUT2D eigenvalue weighted by molar-refractivity contribution is -0.119. The summed E-state index contributed by atoms with van der Waals surface area (Å²) >= 11 is 0. The molecule has 2 rings (SSSR count). The maximum atomic E-state index is 10.9. The van der Waals surface area contributed by atoms with E-state index in [4.69, 9.17) is 11.6 Å². The highest BCUT2D eigenvalue weighted by Crippen LogP contribution is 2.21. The summed E-state index contributed by atoms with van der Waals surface area (Å²) < 4.78 is 0. The average Bonchev–Trinajstić information content (AvgIpc) is 2.39. The first-order chi connectivity index (χ1) is 9.56. The fourth-order valence-electron chi connectivity index (χ4n) is 2.61. The maximum absolute atomic E-state index is 10.9. The van der Waals surface area contributed by atoms with Crippen molar-refractivity contribution in [3.8, 4) is 0 Å². The largest absolute Gasteiger partial charge is 0.370 e. The van der Waals surface area contributed by atoms with Gasteiger partial charge in [0, 0.05) is 18.2 Å². The Balaban J connectivity index is 1.89. The van der Waals surface area contributed by atoms with Crippen molar-refractivity contribution in [2.45, 2.75) is 32.7 Å². The summed E-state index contributed by atoms with van der Waals surface area (Å²) in [5.41, 5.74) is 8.69. The quantitative estimate of drug-likeness (QED) is 0.522. The Morgan fingerprint density at radius 2 is 2.15 bits per heavy atom. The zero-order chi connectivity index (χ0) is 14.5. The van der Waals surface area contributed by atoms with Gasteiger partial charge in [0.1, 0.15) is 11.6 Å². The molecule has 1 aromatic rings. The van der Waals surface area contributed by atoms with Gasteiger partial charge in [0.15, 0.2) is 0 Å². The van der Waals surface area contributed by atoms with Crippen LogP contribution in [0.2, 0.25) is 0 Å². The van der Waals surface area contributed by atoms with E-state index >= 15 is 0 Å². The van der Waals surface area contributed by atoms with Gasteiger partial charge in [-0.05, 0) is 38.8 Å². The van der Waals surface area contributed by atoms with Crippen LogP contribution < -0.4 is 17.0 Å². The van der Waals surface area contributed by atoms with Crippen molar-refractivity contribution in [3.63, 3.8) is 0 Å². The average molecular weight is 278 g/mol. The van der Waals surface area contributed by atoms with E-state index in [9.17, 15) is 4.79 Å². The Kier molecular flexibility index (Phi) is 4.86. The third-order valence-corrected chi connectivity index (χ3v) is 3.61. The van der Waals surface area contributed by atoms with Crippen molar-refractivity contribution < 1.29 is 4.79 Å². The summed E-state index contributed by atoms with van der Waals surface area (Å²) in [6.07, 6.45) is 2.49. The van der Waals surface area contributed by atoms with Gasteiger partial charge >= 0.3 is 0 Å². The van der Waals surface area contributed by atoms with Gasteiger partial charge in [-0.25, -0.2) is 15.8 Å². The summed E-state index contributed by atoms with van der Waals surface area (Å²) in [5, 5.41) is 0. The Bertz CT molecular complexity index is 470. The molecule has 110 valence electrons. The standard InChI is InChI=1S/C13H22N6O/c1-9-6-12(18-15)17-13(16-9)8-19-4-2-10(3-5-19)7-11(14)20/h6,10H,2-5,7-8,15H2,1H3,(H2,14,20)(H,16,17,18). The number of likely N-dealkylation sites (tertiary alicyclic amines) is 1. The molecular weight excluding hydrogens is 256 g/mol. The van der Waals surface area contributed by atoms with Crippen LogP contribution in [-0.4, -0.2) is 33.9 Å². The number of aromatic nitrogens is 2. The predicted molar refractivity (Wildman–Crippen MR) is 76.4 cm³/mol. The van der Waals surface area contributed by atoms with Crippen LogP contribution in [0.4, 0.5) is 5.82 Å². The number of nitrogens with two attached hydrogens (primary N) is 2. The summed E-state index contributed by atoms with van der Waals surface area (Å²) in [6, 6.07) is 1.81. The number of rotatable bonds is 5. The SMILES string of the molecule is Cc1cc(NN)nc(CN2CCC(CC(N)=O)CC2)n1. The van der Waals surface area contributed by atoms with E-state index in [0.717, 1.165) is 37.4 Å². The second-order valence-electron chi connectivity index (χ2n) is 5.35. The van der Waals surface area contributed by atoms with E-state index < -0.39 is 0 Å². The fraction of sp³-hybridized carbons (Fsp3) is 0.615. The van der Waals surface area contributed by atoms with Crippen LogP contribution in [0.15, 0.2) is 6.07 Å². The Labute approximate surface area is 118 Å². The first kappa shape index (κ1) is 14.7. The lowest BCUT2D eigenvalue weighted by Gasteiger charge is -2.30. The minimum Gasteiger partial charge on any atom is -0.370 e. The van der Waals surface area contributed by atoms with Crippen LogP contribution in [0.3, 0.4) is 0 Å². The van der Waals surface area contributed by atoms with E-state index in [1.165, 1.54) is 0 Å². The molecule has 1 saturated heterocycles. The Morgan fingerprint density at radius 1 is 1.45 bits per heavy atom. The van der Waals surface area contributed by atoms with Gasteiger partial charge in [0.05, 0.1) is 6.54 Å². The van der Waals surface area contributed by atoms with Crippen LogP contribution in [0, 0.1) is 12.8 Å². The highest BCUT2D eigenvalue weighted by molar-refractivity contribution is 5.73. The van der Waals surface area contributed by atoms with Crippen molar-refractivity contribution in [1.82, 2.24) is 14.9 Å². The van der Waals surface area contributed by atoms with Crippen molar-refractivity contribution in [2.24, 2.45) is 17.5 Å². The number of anilines is 1. The smallest absolute Gasteiger partial charge is 0.217 e. The number of hydrogen-bond acceptors (Lipinski definition) is 6. The number of hydrazine groups is 1. The second-order valence-corrected chi connectivity index (χ2v) is 5.35. The number of aryl methyl sites for hydroxylation is 1. The number of nitrogens with one attached hydrogen (secondary N) is 1. The molecule has 1 amide bonds. The second kappa shape index (κ2) is 6.62. The Hall–Kier alpha value is -1.73. The molecule has 5 N–H and O–H groups in total. The Morgan fingerprint density at radius 3 is 2.75 bits per heavy atom. The molecule has 0 unspecified atom stereocenters. The van der Waals surface area contributed by atoms with Crippen LogP contribution in [0.1, 0.15) is 30.8 Å². The number of hydrogen-bond donors (Lipinski definition) is 3. The highest BCUT2D eigenvalue weighted by Gasteiger charge is 2.21. The molecule has 2 heterocycles. The van der Waals surface area contributed by atoms with Gasteiger partial charge in [0.2, 0.25) is 5.91 Å². The van der Waals surface area contributed by atoms with E-state index in [1.54, 1.807) is 0 Å². The summed E-state index contributed by atoms with van der Waals surface area (Å²) in [5.74, 6) is 7.01. The molecule has 20 heavy (non-hydrogen) atoms. The van der Waals surface area contributed by atoms with E-state index in [-0.39, 0.29) is 5.91 Å². The van der Waals surface area contributed by atoms with E-state index in [1.807, 2.05) is 13.0 Å². The molecular formula is C13H22N6O. The zero-order valence-corrected chi connectivity index (χ0v) is 11.8. The van der Waals surface area contributed by atoms with Gasteiger partial charge in [0.25, 0.3) is 0 Å². The minimum atomic E-state index is -0.205. The van der Waals surface area contributed by atoms with Crippen molar-refractivity contribution in [2.75, 3.05) is 18.5 Å².